The average molecular weight is 403 g/mol. The van der Waals surface area contributed by atoms with Crippen LogP contribution in [0.15, 0.2) is 59.5 Å². The summed E-state index contributed by atoms with van der Waals surface area (Å²) < 4.78 is 23.1. The molecule has 7 heteroatoms. The van der Waals surface area contributed by atoms with Crippen molar-refractivity contribution in [3.05, 3.63) is 76.3 Å². The highest BCUT2D eigenvalue weighted by Gasteiger charge is 2.18. The number of carbonyl (C=O) groups excluding carboxylic acids is 1. The molecule has 1 amide bonds. The molecule has 0 spiro atoms. The highest BCUT2D eigenvalue weighted by Crippen LogP contribution is 2.30. The van der Waals surface area contributed by atoms with Crippen molar-refractivity contribution in [2.75, 3.05) is 0 Å². The van der Waals surface area contributed by atoms with Gasteiger partial charge >= 0.3 is 0 Å². The Kier molecular flexibility index (Phi) is 5.24. The summed E-state index contributed by atoms with van der Waals surface area (Å²) in [4.78, 5) is 12.7. The second-order valence-electron chi connectivity index (χ2n) is 6.40. The van der Waals surface area contributed by atoms with Crippen LogP contribution >= 0.6 is 11.6 Å². The van der Waals surface area contributed by atoms with E-state index in [0.717, 1.165) is 16.3 Å². The van der Waals surface area contributed by atoms with Crippen molar-refractivity contribution in [2.45, 2.75) is 24.8 Å². The number of carbonyl (C=O) groups is 1. The Morgan fingerprint density at radius 3 is 2.41 bits per heavy atom. The SMILES string of the molecule is Cc1ccc(S(N)(=O)=O)cc1C(=O)NC(C)c1ccc(Cl)c2ccccc12. The van der Waals surface area contributed by atoms with E-state index in [0.29, 0.717) is 10.6 Å². The third-order valence-corrected chi connectivity index (χ3v) is 5.74. The number of nitrogens with two attached hydrogens (primary N) is 1. The molecule has 140 valence electrons. The maximum atomic E-state index is 12.8. The molecule has 3 aromatic carbocycles. The van der Waals surface area contributed by atoms with Gasteiger partial charge in [0.25, 0.3) is 5.91 Å². The van der Waals surface area contributed by atoms with E-state index in [4.69, 9.17) is 16.7 Å². The minimum atomic E-state index is -3.88. The zero-order valence-electron chi connectivity index (χ0n) is 14.9. The lowest BCUT2D eigenvalue weighted by molar-refractivity contribution is 0.0939. The van der Waals surface area contributed by atoms with Crippen LogP contribution in [-0.2, 0) is 10.0 Å². The van der Waals surface area contributed by atoms with Crippen LogP contribution in [0.1, 0.15) is 34.5 Å². The summed E-state index contributed by atoms with van der Waals surface area (Å²) in [5.41, 5.74) is 1.85. The van der Waals surface area contributed by atoms with Crippen LogP contribution in [0.2, 0.25) is 5.02 Å². The third-order valence-electron chi connectivity index (χ3n) is 4.50. The minimum Gasteiger partial charge on any atom is -0.345 e. The summed E-state index contributed by atoms with van der Waals surface area (Å²) in [6.07, 6.45) is 0. The van der Waals surface area contributed by atoms with Crippen LogP contribution in [0, 0.1) is 6.92 Å². The molecule has 0 bridgehead atoms. The first-order chi connectivity index (χ1) is 12.7. The van der Waals surface area contributed by atoms with Crippen molar-refractivity contribution < 1.29 is 13.2 Å². The summed E-state index contributed by atoms with van der Waals surface area (Å²) >= 11 is 6.26. The van der Waals surface area contributed by atoms with Gasteiger partial charge < -0.3 is 5.32 Å². The average Bonchev–Trinajstić information content (AvgIpc) is 2.61. The fraction of sp³-hybridized carbons (Fsp3) is 0.150. The Morgan fingerprint density at radius 2 is 1.74 bits per heavy atom. The van der Waals surface area contributed by atoms with E-state index in [1.807, 2.05) is 37.3 Å². The lowest BCUT2D eigenvalue weighted by Crippen LogP contribution is -2.28. The van der Waals surface area contributed by atoms with Gasteiger partial charge in [-0.1, -0.05) is 48.0 Å². The molecule has 0 aliphatic carbocycles. The Labute approximate surface area is 163 Å². The number of benzene rings is 3. The summed E-state index contributed by atoms with van der Waals surface area (Å²) in [7, 11) is -3.88. The lowest BCUT2D eigenvalue weighted by Gasteiger charge is -2.18. The van der Waals surface area contributed by atoms with Gasteiger partial charge in [0.2, 0.25) is 10.0 Å². The number of aryl methyl sites for hydroxylation is 1. The monoisotopic (exact) mass is 402 g/mol. The van der Waals surface area contributed by atoms with Crippen LogP contribution in [0.3, 0.4) is 0 Å². The van der Waals surface area contributed by atoms with Gasteiger partial charge in [-0.05, 0) is 48.6 Å². The van der Waals surface area contributed by atoms with Gasteiger partial charge in [-0.15, -0.1) is 0 Å². The number of amides is 1. The van der Waals surface area contributed by atoms with Gasteiger partial charge in [0.05, 0.1) is 10.9 Å². The maximum absolute atomic E-state index is 12.8. The summed E-state index contributed by atoms with van der Waals surface area (Å²) in [5, 5.41) is 10.6. The van der Waals surface area contributed by atoms with Crippen molar-refractivity contribution in [2.24, 2.45) is 5.14 Å². The van der Waals surface area contributed by atoms with Crippen molar-refractivity contribution in [1.82, 2.24) is 5.32 Å². The number of primary sulfonamides is 1. The number of hydrogen-bond donors (Lipinski definition) is 2. The van der Waals surface area contributed by atoms with E-state index in [9.17, 15) is 13.2 Å². The third kappa shape index (κ3) is 3.98. The molecule has 0 heterocycles. The van der Waals surface area contributed by atoms with Gasteiger partial charge in [-0.2, -0.15) is 0 Å². The molecule has 1 unspecified atom stereocenters. The number of fused-ring (bicyclic) bond motifs is 1. The van der Waals surface area contributed by atoms with Crippen LogP contribution in [-0.4, -0.2) is 14.3 Å². The van der Waals surface area contributed by atoms with Crippen LogP contribution in [0.4, 0.5) is 0 Å². The van der Waals surface area contributed by atoms with Crippen molar-refractivity contribution in [3.8, 4) is 0 Å². The summed E-state index contributed by atoms with van der Waals surface area (Å²) in [6, 6.07) is 15.3. The molecule has 0 saturated carbocycles. The first kappa shape index (κ1) is 19.4. The Morgan fingerprint density at radius 1 is 1.07 bits per heavy atom. The predicted molar refractivity (Wildman–Crippen MR) is 107 cm³/mol. The number of sulfonamides is 1. The molecular weight excluding hydrogens is 384 g/mol. The molecule has 3 aromatic rings. The fourth-order valence-corrected chi connectivity index (χ4v) is 3.81. The molecule has 0 fully saturated rings. The molecular formula is C20H19ClN2O3S. The standard InChI is InChI=1S/C20H19ClN2O3S/c1-12-7-8-14(27(22,25)26)11-18(12)20(24)23-13(2)15-9-10-19(21)17-6-4-3-5-16(15)17/h3-11,13H,1-2H3,(H,23,24)(H2,22,25,26). The van der Waals surface area contributed by atoms with Crippen molar-refractivity contribution in [3.63, 3.8) is 0 Å². The smallest absolute Gasteiger partial charge is 0.252 e. The summed E-state index contributed by atoms with van der Waals surface area (Å²) in [6.45, 7) is 3.61. The van der Waals surface area contributed by atoms with Crippen molar-refractivity contribution in [1.29, 1.82) is 0 Å². The molecule has 0 aliphatic heterocycles. The first-order valence-electron chi connectivity index (χ1n) is 8.30. The quantitative estimate of drug-likeness (QED) is 0.692. The molecule has 0 saturated heterocycles. The van der Waals surface area contributed by atoms with Gasteiger partial charge in [-0.3, -0.25) is 4.79 Å². The van der Waals surface area contributed by atoms with E-state index >= 15 is 0 Å². The molecule has 0 aromatic heterocycles. The molecule has 27 heavy (non-hydrogen) atoms. The molecule has 3 N–H and O–H groups in total. The maximum Gasteiger partial charge on any atom is 0.252 e. The fourth-order valence-electron chi connectivity index (χ4n) is 3.04. The summed E-state index contributed by atoms with van der Waals surface area (Å²) in [5.74, 6) is -0.371. The van der Waals surface area contributed by atoms with E-state index in [1.165, 1.54) is 12.1 Å². The van der Waals surface area contributed by atoms with Gasteiger partial charge in [0.15, 0.2) is 0 Å². The van der Waals surface area contributed by atoms with E-state index in [2.05, 4.69) is 5.32 Å². The highest BCUT2D eigenvalue weighted by atomic mass is 35.5. The van der Waals surface area contributed by atoms with E-state index in [1.54, 1.807) is 19.1 Å². The Bertz CT molecular complexity index is 1140. The minimum absolute atomic E-state index is 0.0946. The lowest BCUT2D eigenvalue weighted by atomic mass is 9.99. The van der Waals surface area contributed by atoms with Gasteiger partial charge in [0.1, 0.15) is 0 Å². The van der Waals surface area contributed by atoms with Gasteiger partial charge in [-0.25, -0.2) is 13.6 Å². The molecule has 0 aliphatic rings. The van der Waals surface area contributed by atoms with Crippen LogP contribution < -0.4 is 10.5 Å². The molecule has 3 rings (SSSR count). The van der Waals surface area contributed by atoms with Gasteiger partial charge in [0, 0.05) is 16.0 Å². The van der Waals surface area contributed by atoms with Crippen LogP contribution in [0.25, 0.3) is 10.8 Å². The number of rotatable bonds is 4. The normalized spacial score (nSPS) is 12.7. The predicted octanol–water partition coefficient (Wildman–Crippen LogP) is 3.94. The first-order valence-corrected chi connectivity index (χ1v) is 10.2. The number of nitrogens with one attached hydrogen (secondary N) is 1. The van der Waals surface area contributed by atoms with E-state index in [-0.39, 0.29) is 22.4 Å². The zero-order chi connectivity index (χ0) is 19.8. The van der Waals surface area contributed by atoms with E-state index < -0.39 is 10.0 Å². The Balaban J connectivity index is 1.95. The zero-order valence-corrected chi connectivity index (χ0v) is 16.4. The molecule has 1 atom stereocenters. The second kappa shape index (κ2) is 7.31. The number of halogens is 1. The largest absolute Gasteiger partial charge is 0.345 e. The van der Waals surface area contributed by atoms with Crippen molar-refractivity contribution >= 4 is 38.3 Å². The topological polar surface area (TPSA) is 89.3 Å². The van der Waals surface area contributed by atoms with Crippen LogP contribution in [0.5, 0.6) is 0 Å². The molecule has 0 radical (unpaired) electrons. The Hall–Kier alpha value is -2.41. The molecule has 5 nitrogen and oxygen atoms in total. The highest BCUT2D eigenvalue weighted by molar-refractivity contribution is 7.89. The number of hydrogen-bond acceptors (Lipinski definition) is 3. The second-order valence-corrected chi connectivity index (χ2v) is 8.37.